The molecule has 150 valence electrons. The number of aromatic nitrogens is 1. The van der Waals surface area contributed by atoms with Crippen LogP contribution in [0.4, 0.5) is 4.79 Å². The fourth-order valence-electron chi connectivity index (χ4n) is 3.41. The Bertz CT molecular complexity index is 629. The number of piperidine rings is 1. The van der Waals surface area contributed by atoms with Crippen molar-refractivity contribution in [2.75, 3.05) is 33.2 Å². The van der Waals surface area contributed by atoms with E-state index in [-0.39, 0.29) is 23.9 Å². The van der Waals surface area contributed by atoms with Crippen molar-refractivity contribution in [2.45, 2.75) is 45.6 Å². The summed E-state index contributed by atoms with van der Waals surface area (Å²) >= 11 is 0. The van der Waals surface area contributed by atoms with Crippen LogP contribution in [0.5, 0.6) is 0 Å². The highest BCUT2D eigenvalue weighted by Crippen LogP contribution is 2.16. The second kappa shape index (κ2) is 10.3. The molecule has 1 aliphatic heterocycles. The lowest BCUT2D eigenvalue weighted by molar-refractivity contribution is -0.123. The molecular formula is C20H33N5O2. The number of likely N-dealkylation sites (N-methyl/N-ethyl adjacent to an activating group) is 1. The van der Waals surface area contributed by atoms with Gasteiger partial charge in [-0.1, -0.05) is 6.07 Å². The molecule has 1 aliphatic rings. The lowest BCUT2D eigenvalue weighted by atomic mass is 9.96. The van der Waals surface area contributed by atoms with Gasteiger partial charge in [-0.2, -0.15) is 0 Å². The molecule has 1 fully saturated rings. The molecule has 1 aromatic rings. The molecule has 27 heavy (non-hydrogen) atoms. The van der Waals surface area contributed by atoms with Crippen molar-refractivity contribution in [3.05, 3.63) is 29.6 Å². The largest absolute Gasteiger partial charge is 0.369 e. The molecule has 1 saturated heterocycles. The number of rotatable bonds is 8. The summed E-state index contributed by atoms with van der Waals surface area (Å²) in [4.78, 5) is 32.0. The van der Waals surface area contributed by atoms with Gasteiger partial charge in [0, 0.05) is 43.9 Å². The number of pyridine rings is 1. The van der Waals surface area contributed by atoms with E-state index in [9.17, 15) is 9.59 Å². The number of carbonyl (C=O) groups is 2. The van der Waals surface area contributed by atoms with Crippen molar-refractivity contribution in [2.24, 2.45) is 11.7 Å². The molecular weight excluding hydrogens is 342 g/mol. The summed E-state index contributed by atoms with van der Waals surface area (Å²) in [7, 11) is 1.83. The molecule has 0 radical (unpaired) electrons. The van der Waals surface area contributed by atoms with E-state index >= 15 is 0 Å². The van der Waals surface area contributed by atoms with Gasteiger partial charge >= 0.3 is 6.03 Å². The van der Waals surface area contributed by atoms with E-state index < -0.39 is 0 Å². The van der Waals surface area contributed by atoms with E-state index in [2.05, 4.69) is 15.2 Å². The average molecular weight is 376 g/mol. The maximum Gasteiger partial charge on any atom is 0.317 e. The molecule has 0 bridgehead atoms. The number of hydrogen-bond donors (Lipinski definition) is 2. The maximum atomic E-state index is 12.4. The number of amides is 3. The second-order valence-corrected chi connectivity index (χ2v) is 7.53. The van der Waals surface area contributed by atoms with Gasteiger partial charge in [-0.05, 0) is 64.4 Å². The van der Waals surface area contributed by atoms with Crippen LogP contribution in [0.2, 0.25) is 0 Å². The third-order valence-electron chi connectivity index (χ3n) is 5.51. The first-order valence-electron chi connectivity index (χ1n) is 9.81. The molecule has 2 heterocycles. The van der Waals surface area contributed by atoms with Gasteiger partial charge in [0.05, 0.1) is 0 Å². The number of urea groups is 1. The summed E-state index contributed by atoms with van der Waals surface area (Å²) in [6.45, 7) is 7.47. The Kier molecular flexibility index (Phi) is 8.03. The Morgan fingerprint density at radius 3 is 2.74 bits per heavy atom. The number of carbonyl (C=O) groups excluding carboxylic acids is 2. The smallest absolute Gasteiger partial charge is 0.317 e. The first-order chi connectivity index (χ1) is 12.9. The molecule has 1 aromatic heterocycles. The van der Waals surface area contributed by atoms with Crippen LogP contribution in [0.3, 0.4) is 0 Å². The molecule has 0 spiro atoms. The van der Waals surface area contributed by atoms with E-state index in [0.717, 1.165) is 56.6 Å². The van der Waals surface area contributed by atoms with Crippen LogP contribution in [-0.2, 0) is 11.2 Å². The number of aryl methyl sites for hydroxylation is 1. The third kappa shape index (κ3) is 6.50. The van der Waals surface area contributed by atoms with Crippen LogP contribution in [-0.4, -0.2) is 66.0 Å². The molecule has 0 aliphatic carbocycles. The molecule has 0 aromatic carbocycles. The fraction of sp³-hybridized carbons (Fsp3) is 0.650. The van der Waals surface area contributed by atoms with Crippen molar-refractivity contribution in [1.29, 1.82) is 0 Å². The Labute approximate surface area is 162 Å². The summed E-state index contributed by atoms with van der Waals surface area (Å²) in [6, 6.07) is 3.99. The highest BCUT2D eigenvalue weighted by atomic mass is 16.2. The number of nitrogens with zero attached hydrogens (tertiary/aromatic N) is 3. The molecule has 0 unspecified atom stereocenters. The number of nitrogens with two attached hydrogens (primary N) is 1. The SMILES string of the molecule is Cc1cccnc1C[C@@H](C)N(C)C(=O)NCCCN1CCC(C(N)=O)CC1. The standard InChI is InChI=1S/C20H33N5O2/c1-15-6-4-9-22-18(15)14-16(2)24(3)20(27)23-10-5-11-25-12-7-17(8-13-25)19(21)26/h4,6,9,16-17H,5,7-8,10-14H2,1-3H3,(H2,21,26)(H,23,27)/t16-/m1/s1. The van der Waals surface area contributed by atoms with Crippen molar-refractivity contribution in [1.82, 2.24) is 20.1 Å². The summed E-state index contributed by atoms with van der Waals surface area (Å²) < 4.78 is 0. The van der Waals surface area contributed by atoms with Crippen LogP contribution < -0.4 is 11.1 Å². The highest BCUT2D eigenvalue weighted by molar-refractivity contribution is 5.76. The zero-order chi connectivity index (χ0) is 19.8. The predicted octanol–water partition coefficient (Wildman–Crippen LogP) is 1.55. The molecule has 7 nitrogen and oxygen atoms in total. The zero-order valence-corrected chi connectivity index (χ0v) is 16.8. The second-order valence-electron chi connectivity index (χ2n) is 7.53. The number of nitrogens with one attached hydrogen (secondary N) is 1. The first kappa shape index (κ1) is 21.2. The minimum atomic E-state index is -0.181. The molecule has 0 saturated carbocycles. The monoisotopic (exact) mass is 375 g/mol. The minimum absolute atomic E-state index is 0.0267. The fourth-order valence-corrected chi connectivity index (χ4v) is 3.41. The molecule has 2 rings (SSSR count). The van der Waals surface area contributed by atoms with Gasteiger partial charge in [-0.3, -0.25) is 9.78 Å². The Morgan fingerprint density at radius 2 is 2.11 bits per heavy atom. The van der Waals surface area contributed by atoms with Gasteiger partial charge in [-0.15, -0.1) is 0 Å². The van der Waals surface area contributed by atoms with Crippen molar-refractivity contribution < 1.29 is 9.59 Å². The summed E-state index contributed by atoms with van der Waals surface area (Å²) in [6.07, 6.45) is 5.12. The van der Waals surface area contributed by atoms with Crippen molar-refractivity contribution in [3.8, 4) is 0 Å². The third-order valence-corrected chi connectivity index (χ3v) is 5.51. The van der Waals surface area contributed by atoms with E-state index in [1.807, 2.05) is 33.0 Å². The quantitative estimate of drug-likeness (QED) is 0.675. The van der Waals surface area contributed by atoms with Gasteiger partial charge in [0.1, 0.15) is 0 Å². The van der Waals surface area contributed by atoms with Crippen LogP contribution in [0.1, 0.15) is 37.4 Å². The highest BCUT2D eigenvalue weighted by Gasteiger charge is 2.22. The number of hydrogen-bond acceptors (Lipinski definition) is 4. The zero-order valence-electron chi connectivity index (χ0n) is 16.8. The van der Waals surface area contributed by atoms with Gasteiger partial charge in [0.15, 0.2) is 0 Å². The van der Waals surface area contributed by atoms with Gasteiger partial charge in [0.2, 0.25) is 5.91 Å². The topological polar surface area (TPSA) is 91.6 Å². The van der Waals surface area contributed by atoms with Crippen LogP contribution >= 0.6 is 0 Å². The van der Waals surface area contributed by atoms with Crippen molar-refractivity contribution in [3.63, 3.8) is 0 Å². The van der Waals surface area contributed by atoms with Crippen LogP contribution in [0.25, 0.3) is 0 Å². The predicted molar refractivity (Wildman–Crippen MR) is 106 cm³/mol. The number of primary amides is 1. The van der Waals surface area contributed by atoms with E-state index in [1.54, 1.807) is 11.1 Å². The average Bonchev–Trinajstić information content (AvgIpc) is 2.66. The summed E-state index contributed by atoms with van der Waals surface area (Å²) in [5.41, 5.74) is 7.55. The molecule has 3 amide bonds. The van der Waals surface area contributed by atoms with Gasteiger partial charge in [-0.25, -0.2) is 4.79 Å². The summed E-state index contributed by atoms with van der Waals surface area (Å²) in [5.74, 6) is -0.154. The van der Waals surface area contributed by atoms with Crippen LogP contribution in [0, 0.1) is 12.8 Å². The van der Waals surface area contributed by atoms with E-state index in [1.165, 1.54) is 0 Å². The Balaban J connectivity index is 1.65. The first-order valence-corrected chi connectivity index (χ1v) is 9.81. The lowest BCUT2D eigenvalue weighted by Crippen LogP contribution is -2.44. The van der Waals surface area contributed by atoms with Gasteiger partial charge in [0.25, 0.3) is 0 Å². The van der Waals surface area contributed by atoms with E-state index in [4.69, 9.17) is 5.73 Å². The normalized spacial score (nSPS) is 16.7. The van der Waals surface area contributed by atoms with Crippen LogP contribution in [0.15, 0.2) is 18.3 Å². The lowest BCUT2D eigenvalue weighted by Gasteiger charge is -2.30. The molecule has 1 atom stereocenters. The minimum Gasteiger partial charge on any atom is -0.369 e. The molecule has 3 N–H and O–H groups in total. The Hall–Kier alpha value is -2.15. The van der Waals surface area contributed by atoms with Gasteiger partial charge < -0.3 is 20.9 Å². The summed E-state index contributed by atoms with van der Waals surface area (Å²) in [5, 5.41) is 3.00. The molecule has 7 heteroatoms. The number of likely N-dealkylation sites (tertiary alicyclic amines) is 1. The maximum absolute atomic E-state index is 12.4. The van der Waals surface area contributed by atoms with E-state index in [0.29, 0.717) is 6.54 Å². The Morgan fingerprint density at radius 1 is 1.41 bits per heavy atom. The van der Waals surface area contributed by atoms with Crippen molar-refractivity contribution >= 4 is 11.9 Å².